The Morgan fingerprint density at radius 1 is 0.970 bits per heavy atom. The van der Waals surface area contributed by atoms with E-state index in [2.05, 4.69) is 27.4 Å². The number of likely N-dealkylation sites (tertiary alicyclic amines) is 1. The van der Waals surface area contributed by atoms with Crippen molar-refractivity contribution in [1.29, 1.82) is 0 Å². The molecule has 0 N–H and O–H groups in total. The number of carbonyl (C=O) groups excluding carboxylic acids is 1. The molecule has 2 fully saturated rings. The topological polar surface area (TPSA) is 66.6 Å². The third-order valence-electron chi connectivity index (χ3n) is 6.64. The summed E-state index contributed by atoms with van der Waals surface area (Å²) in [6.07, 6.45) is -0.411. The van der Waals surface area contributed by atoms with Crippen LogP contribution in [0.2, 0.25) is 0 Å². The van der Waals surface area contributed by atoms with E-state index in [4.69, 9.17) is 0 Å². The number of benzene rings is 1. The third kappa shape index (κ3) is 4.38. The second kappa shape index (κ2) is 8.64. The van der Waals surface area contributed by atoms with E-state index in [9.17, 15) is 18.0 Å². The van der Waals surface area contributed by atoms with Crippen molar-refractivity contribution in [3.8, 4) is 0 Å². The van der Waals surface area contributed by atoms with E-state index in [1.54, 1.807) is 6.07 Å². The van der Waals surface area contributed by atoms with Crippen LogP contribution in [0.1, 0.15) is 37.1 Å². The number of anilines is 1. The fraction of sp³-hybridized carbons (Fsp3) is 0.478. The molecular weight excluding hydrogens is 433 g/mol. The zero-order valence-corrected chi connectivity index (χ0v) is 18.1. The van der Waals surface area contributed by atoms with Crippen molar-refractivity contribution in [2.24, 2.45) is 5.92 Å². The molecule has 174 valence electrons. The molecule has 1 atom stereocenters. The maximum Gasteiger partial charge on any atom is 0.453 e. The maximum absolute atomic E-state index is 13.3. The summed E-state index contributed by atoms with van der Waals surface area (Å²) < 4.78 is 40.2. The number of halogens is 3. The minimum Gasteiger partial charge on any atom is -0.355 e. The number of rotatable bonds is 4. The summed E-state index contributed by atoms with van der Waals surface area (Å²) in [5, 5.41) is 10.9. The SMILES string of the molecule is O=C(C1CCN(c2ccc3nnc(C(F)(F)F)n3n2)CC1)N1CCCC1Cc1ccccc1. The summed E-state index contributed by atoms with van der Waals surface area (Å²) in [6.45, 7) is 1.92. The molecule has 1 aromatic carbocycles. The van der Waals surface area contributed by atoms with E-state index in [1.165, 1.54) is 11.6 Å². The van der Waals surface area contributed by atoms with Gasteiger partial charge in [-0.05, 0) is 49.8 Å². The van der Waals surface area contributed by atoms with Crippen molar-refractivity contribution in [2.45, 2.75) is 44.3 Å². The number of amides is 1. The molecule has 2 aliphatic heterocycles. The minimum absolute atomic E-state index is 0.0506. The number of alkyl halides is 3. The van der Waals surface area contributed by atoms with Crippen molar-refractivity contribution in [3.63, 3.8) is 0 Å². The lowest BCUT2D eigenvalue weighted by Crippen LogP contribution is -2.45. The predicted octanol–water partition coefficient (Wildman–Crippen LogP) is 3.59. The van der Waals surface area contributed by atoms with Crippen molar-refractivity contribution < 1.29 is 18.0 Å². The van der Waals surface area contributed by atoms with Gasteiger partial charge in [-0.3, -0.25) is 4.79 Å². The summed E-state index contributed by atoms with van der Waals surface area (Å²) in [5.41, 5.74) is 1.29. The van der Waals surface area contributed by atoms with Gasteiger partial charge in [0.1, 0.15) is 5.82 Å². The van der Waals surface area contributed by atoms with Crippen LogP contribution >= 0.6 is 0 Å². The molecule has 0 radical (unpaired) electrons. The fourth-order valence-corrected chi connectivity index (χ4v) is 4.94. The average molecular weight is 458 g/mol. The van der Waals surface area contributed by atoms with E-state index in [-0.39, 0.29) is 23.5 Å². The lowest BCUT2D eigenvalue weighted by molar-refractivity contribution is -0.146. The molecule has 2 aliphatic rings. The van der Waals surface area contributed by atoms with Gasteiger partial charge in [0.25, 0.3) is 5.82 Å². The number of fused-ring (bicyclic) bond motifs is 1. The summed E-state index contributed by atoms with van der Waals surface area (Å²) in [6, 6.07) is 13.6. The summed E-state index contributed by atoms with van der Waals surface area (Å²) in [5.74, 6) is -0.568. The van der Waals surface area contributed by atoms with Crippen LogP contribution in [0.4, 0.5) is 19.0 Å². The Labute approximate surface area is 189 Å². The molecule has 3 aromatic rings. The molecule has 33 heavy (non-hydrogen) atoms. The van der Waals surface area contributed by atoms with E-state index in [0.717, 1.165) is 30.3 Å². The largest absolute Gasteiger partial charge is 0.453 e. The number of aromatic nitrogens is 4. The van der Waals surface area contributed by atoms with E-state index >= 15 is 0 Å². The lowest BCUT2D eigenvalue weighted by Gasteiger charge is -2.35. The zero-order valence-electron chi connectivity index (χ0n) is 18.1. The fourth-order valence-electron chi connectivity index (χ4n) is 4.94. The number of hydrogen-bond donors (Lipinski definition) is 0. The molecule has 5 rings (SSSR count). The van der Waals surface area contributed by atoms with Crippen LogP contribution in [0.15, 0.2) is 42.5 Å². The molecule has 2 aromatic heterocycles. The van der Waals surface area contributed by atoms with Crippen LogP contribution in [-0.2, 0) is 17.4 Å². The maximum atomic E-state index is 13.3. The quantitative estimate of drug-likeness (QED) is 0.598. The van der Waals surface area contributed by atoms with Gasteiger partial charge in [-0.25, -0.2) is 0 Å². The Bertz CT molecular complexity index is 1120. The van der Waals surface area contributed by atoms with Crippen LogP contribution in [0, 0.1) is 5.92 Å². The van der Waals surface area contributed by atoms with Crippen molar-refractivity contribution in [1.82, 2.24) is 24.7 Å². The smallest absolute Gasteiger partial charge is 0.355 e. The summed E-state index contributed by atoms with van der Waals surface area (Å²) in [4.78, 5) is 17.3. The highest BCUT2D eigenvalue weighted by Gasteiger charge is 2.38. The molecule has 1 amide bonds. The molecule has 0 aliphatic carbocycles. The molecular formula is C23H25F3N6O. The van der Waals surface area contributed by atoms with Crippen molar-refractivity contribution >= 4 is 17.4 Å². The van der Waals surface area contributed by atoms with E-state index in [0.29, 0.717) is 31.7 Å². The van der Waals surface area contributed by atoms with E-state index < -0.39 is 12.0 Å². The van der Waals surface area contributed by atoms with Gasteiger partial charge in [-0.1, -0.05) is 30.3 Å². The number of piperidine rings is 1. The highest BCUT2D eigenvalue weighted by molar-refractivity contribution is 5.80. The highest BCUT2D eigenvalue weighted by atomic mass is 19.4. The average Bonchev–Trinajstić information content (AvgIpc) is 3.46. The number of nitrogens with zero attached hydrogens (tertiary/aromatic N) is 6. The molecule has 2 saturated heterocycles. The van der Waals surface area contributed by atoms with Gasteiger partial charge >= 0.3 is 6.18 Å². The van der Waals surface area contributed by atoms with Crippen LogP contribution in [0.25, 0.3) is 5.65 Å². The highest BCUT2D eigenvalue weighted by Crippen LogP contribution is 2.30. The van der Waals surface area contributed by atoms with Crippen LogP contribution < -0.4 is 4.90 Å². The predicted molar refractivity (Wildman–Crippen MR) is 116 cm³/mol. The first kappa shape index (κ1) is 21.7. The number of hydrogen-bond acceptors (Lipinski definition) is 5. The molecule has 10 heteroatoms. The monoisotopic (exact) mass is 458 g/mol. The molecule has 4 heterocycles. The molecule has 0 saturated carbocycles. The Hall–Kier alpha value is -3.17. The van der Waals surface area contributed by atoms with Crippen LogP contribution in [-0.4, -0.2) is 56.3 Å². The third-order valence-corrected chi connectivity index (χ3v) is 6.64. The van der Waals surface area contributed by atoms with Gasteiger partial charge in [0.2, 0.25) is 5.91 Å². The second-order valence-corrected chi connectivity index (χ2v) is 8.76. The van der Waals surface area contributed by atoms with Gasteiger partial charge in [-0.15, -0.1) is 15.3 Å². The zero-order chi connectivity index (χ0) is 23.0. The first-order valence-corrected chi connectivity index (χ1v) is 11.3. The minimum atomic E-state index is -4.63. The summed E-state index contributed by atoms with van der Waals surface area (Å²) in [7, 11) is 0. The first-order valence-electron chi connectivity index (χ1n) is 11.3. The molecule has 1 unspecified atom stereocenters. The van der Waals surface area contributed by atoms with Crippen molar-refractivity contribution in [3.05, 3.63) is 53.9 Å². The van der Waals surface area contributed by atoms with E-state index in [1.807, 2.05) is 28.0 Å². The Balaban J connectivity index is 1.24. The molecule has 7 nitrogen and oxygen atoms in total. The first-order chi connectivity index (χ1) is 15.9. The molecule has 0 spiro atoms. The Kier molecular flexibility index (Phi) is 5.67. The number of carbonyl (C=O) groups is 1. The van der Waals surface area contributed by atoms with Crippen molar-refractivity contribution in [2.75, 3.05) is 24.5 Å². The lowest BCUT2D eigenvalue weighted by atomic mass is 9.94. The summed E-state index contributed by atoms with van der Waals surface area (Å²) >= 11 is 0. The second-order valence-electron chi connectivity index (χ2n) is 8.76. The Morgan fingerprint density at radius 3 is 2.45 bits per heavy atom. The molecule has 0 bridgehead atoms. The van der Waals surface area contributed by atoms with Gasteiger partial charge in [0, 0.05) is 31.6 Å². The van der Waals surface area contributed by atoms with Crippen LogP contribution in [0.3, 0.4) is 0 Å². The normalized spacial score (nSPS) is 20.0. The van der Waals surface area contributed by atoms with Gasteiger partial charge in [-0.2, -0.15) is 17.7 Å². The van der Waals surface area contributed by atoms with Crippen LogP contribution in [0.5, 0.6) is 0 Å². The van der Waals surface area contributed by atoms with Gasteiger partial charge in [0.15, 0.2) is 5.65 Å². The Morgan fingerprint density at radius 2 is 1.73 bits per heavy atom. The standard InChI is InChI=1S/C23H25F3N6O/c24-23(25,26)22-28-27-19-8-9-20(29-32(19)22)30-13-10-17(11-14-30)21(33)31-12-4-7-18(31)15-16-5-2-1-3-6-16/h1-3,5-6,8-9,17-18H,4,7,10-15H2. The van der Waals surface area contributed by atoms with Gasteiger partial charge < -0.3 is 9.80 Å². The van der Waals surface area contributed by atoms with Gasteiger partial charge in [0.05, 0.1) is 0 Å².